The Hall–Kier alpha value is -2.68. The highest BCUT2D eigenvalue weighted by molar-refractivity contribution is 7.80. The number of amides is 2. The Bertz CT molecular complexity index is 917. The molecule has 124 valence electrons. The van der Waals surface area contributed by atoms with E-state index in [4.69, 9.17) is 0 Å². The molecule has 0 fully saturated rings. The number of carbonyl (C=O) groups excluding carboxylic acids is 2. The first-order chi connectivity index (χ1) is 11.4. The molecule has 1 aromatic carbocycles. The Morgan fingerprint density at radius 3 is 2.25 bits per heavy atom. The van der Waals surface area contributed by atoms with Crippen LogP contribution in [0.4, 0.5) is 4.39 Å². The first-order valence-corrected chi connectivity index (χ1v) is 7.56. The number of aromatic nitrogens is 2. The summed E-state index contributed by atoms with van der Waals surface area (Å²) in [6.07, 6.45) is 0.862. The fraction of sp³-hybridized carbons (Fsp3) is 0.200. The highest BCUT2D eigenvalue weighted by atomic mass is 32.1. The van der Waals surface area contributed by atoms with Crippen LogP contribution in [0, 0.1) is 5.82 Å². The number of aromatic amines is 1. The van der Waals surface area contributed by atoms with Gasteiger partial charge in [0.2, 0.25) is 5.82 Å². The molecule has 1 aliphatic rings. The van der Waals surface area contributed by atoms with Crippen molar-refractivity contribution in [3.63, 3.8) is 0 Å². The van der Waals surface area contributed by atoms with Crippen LogP contribution >= 0.6 is 12.6 Å². The molecular formula is C15H12FN3O4S. The number of hydrogen-bond acceptors (Lipinski definition) is 5. The maximum Gasteiger partial charge on any atom is 0.329 e. The van der Waals surface area contributed by atoms with Gasteiger partial charge in [0.15, 0.2) is 0 Å². The second kappa shape index (κ2) is 6.08. The third kappa shape index (κ3) is 2.67. The van der Waals surface area contributed by atoms with Gasteiger partial charge in [0.05, 0.1) is 22.7 Å². The largest absolute Gasteiger partial charge is 0.329 e. The summed E-state index contributed by atoms with van der Waals surface area (Å²) < 4.78 is 14.2. The number of rotatable bonds is 4. The van der Waals surface area contributed by atoms with Crippen LogP contribution in [0.25, 0.3) is 0 Å². The van der Waals surface area contributed by atoms with E-state index < -0.39 is 34.3 Å². The van der Waals surface area contributed by atoms with Crippen LogP contribution in [-0.2, 0) is 0 Å². The number of nitrogens with one attached hydrogen (secondary N) is 1. The van der Waals surface area contributed by atoms with E-state index in [2.05, 4.69) is 12.6 Å². The zero-order chi connectivity index (χ0) is 17.4. The third-order valence-corrected chi connectivity index (χ3v) is 4.24. The molecule has 0 aliphatic carbocycles. The number of hydrogen-bond donors (Lipinski definition) is 2. The third-order valence-electron chi connectivity index (χ3n) is 3.73. The molecule has 0 saturated carbocycles. The lowest BCUT2D eigenvalue weighted by Crippen LogP contribution is -2.35. The van der Waals surface area contributed by atoms with Gasteiger partial charge < -0.3 is 0 Å². The average Bonchev–Trinajstić information content (AvgIpc) is 2.80. The maximum absolute atomic E-state index is 13.3. The summed E-state index contributed by atoms with van der Waals surface area (Å²) in [5.74, 6) is -1.96. The maximum atomic E-state index is 13.3. The van der Waals surface area contributed by atoms with Crippen molar-refractivity contribution >= 4 is 24.4 Å². The standard InChI is InChI=1S/C15H12FN3O4S/c16-10-7-19(15(23)17-12(10)20)11(24)5-6-18-13(21)8-3-1-2-4-9(8)14(18)22/h1-4,7,11,24H,5-6H2,(H,17,20,23). The van der Waals surface area contributed by atoms with E-state index >= 15 is 0 Å². The van der Waals surface area contributed by atoms with Crippen LogP contribution in [0.3, 0.4) is 0 Å². The van der Waals surface area contributed by atoms with Crippen LogP contribution in [0.5, 0.6) is 0 Å². The molecule has 1 atom stereocenters. The average molecular weight is 349 g/mol. The summed E-state index contributed by atoms with van der Waals surface area (Å²) in [7, 11) is 0. The van der Waals surface area contributed by atoms with Gasteiger partial charge in [-0.05, 0) is 18.6 Å². The number of carbonyl (C=O) groups is 2. The zero-order valence-corrected chi connectivity index (χ0v) is 13.1. The van der Waals surface area contributed by atoms with E-state index in [9.17, 15) is 23.6 Å². The lowest BCUT2D eigenvalue weighted by Gasteiger charge is -2.18. The smallest absolute Gasteiger partial charge is 0.285 e. The summed E-state index contributed by atoms with van der Waals surface area (Å²) in [6.45, 7) is 0.00764. The van der Waals surface area contributed by atoms with Crippen LogP contribution in [0.2, 0.25) is 0 Å². The predicted molar refractivity (Wildman–Crippen MR) is 85.7 cm³/mol. The number of H-pyrrole nitrogens is 1. The fourth-order valence-corrected chi connectivity index (χ4v) is 2.80. The summed E-state index contributed by atoms with van der Waals surface area (Å²) in [5.41, 5.74) is -1.28. The van der Waals surface area contributed by atoms with Crippen molar-refractivity contribution in [1.82, 2.24) is 14.5 Å². The SMILES string of the molecule is O=C1c2ccccc2C(=O)N1CCC(S)n1cc(F)c(=O)[nH]c1=O. The van der Waals surface area contributed by atoms with E-state index in [1.165, 1.54) is 0 Å². The first-order valence-electron chi connectivity index (χ1n) is 7.04. The first kappa shape index (κ1) is 16.2. The minimum Gasteiger partial charge on any atom is -0.285 e. The zero-order valence-electron chi connectivity index (χ0n) is 12.2. The number of imide groups is 1. The van der Waals surface area contributed by atoms with Crippen LogP contribution < -0.4 is 11.2 Å². The van der Waals surface area contributed by atoms with Crippen molar-refractivity contribution in [2.24, 2.45) is 0 Å². The van der Waals surface area contributed by atoms with Gasteiger partial charge in [0, 0.05) is 6.54 Å². The lowest BCUT2D eigenvalue weighted by molar-refractivity contribution is 0.0650. The molecule has 7 nitrogen and oxygen atoms in total. The Labute approximate surface area is 140 Å². The molecule has 9 heteroatoms. The Balaban J connectivity index is 1.76. The molecule has 0 saturated heterocycles. The molecule has 0 spiro atoms. The van der Waals surface area contributed by atoms with Gasteiger partial charge in [0.25, 0.3) is 17.4 Å². The van der Waals surface area contributed by atoms with E-state index in [1.54, 1.807) is 24.3 Å². The highest BCUT2D eigenvalue weighted by Gasteiger charge is 2.35. The molecule has 0 bridgehead atoms. The molecule has 3 rings (SSSR count). The lowest BCUT2D eigenvalue weighted by atomic mass is 10.1. The van der Waals surface area contributed by atoms with E-state index in [-0.39, 0.29) is 13.0 Å². The molecular weight excluding hydrogens is 337 g/mol. The summed E-state index contributed by atoms with van der Waals surface area (Å²) in [4.78, 5) is 50.0. The van der Waals surface area contributed by atoms with Crippen LogP contribution in [-0.4, -0.2) is 32.8 Å². The molecule has 1 aliphatic heterocycles. The second-order valence-corrected chi connectivity index (χ2v) is 5.82. The van der Waals surface area contributed by atoms with E-state index in [0.29, 0.717) is 11.1 Å². The summed E-state index contributed by atoms with van der Waals surface area (Å²) >= 11 is 4.19. The minimum absolute atomic E-state index is 0.00764. The van der Waals surface area contributed by atoms with Gasteiger partial charge in [-0.25, -0.2) is 4.79 Å². The van der Waals surface area contributed by atoms with Gasteiger partial charge in [0.1, 0.15) is 0 Å². The minimum atomic E-state index is -1.12. The van der Waals surface area contributed by atoms with Gasteiger partial charge in [-0.3, -0.25) is 28.8 Å². The number of benzene rings is 1. The van der Waals surface area contributed by atoms with Crippen molar-refractivity contribution < 1.29 is 14.0 Å². The summed E-state index contributed by atoms with van der Waals surface area (Å²) in [6, 6.07) is 6.46. The molecule has 1 aromatic heterocycles. The Morgan fingerprint density at radius 2 is 1.67 bits per heavy atom. The van der Waals surface area contributed by atoms with Crippen molar-refractivity contribution in [3.8, 4) is 0 Å². The normalized spacial score (nSPS) is 14.8. The molecule has 0 radical (unpaired) electrons. The molecule has 2 aromatic rings. The van der Waals surface area contributed by atoms with E-state index in [1.807, 2.05) is 4.98 Å². The fourth-order valence-electron chi connectivity index (χ4n) is 2.51. The monoisotopic (exact) mass is 349 g/mol. The van der Waals surface area contributed by atoms with Crippen LogP contribution in [0.15, 0.2) is 40.1 Å². The molecule has 1 N–H and O–H groups in total. The number of fused-ring (bicyclic) bond motifs is 1. The van der Waals surface area contributed by atoms with Gasteiger partial charge in [-0.2, -0.15) is 17.0 Å². The Morgan fingerprint density at radius 1 is 1.08 bits per heavy atom. The summed E-state index contributed by atoms with van der Waals surface area (Å²) in [5, 5.41) is -0.812. The number of halogens is 1. The second-order valence-electron chi connectivity index (χ2n) is 5.22. The molecule has 2 heterocycles. The van der Waals surface area contributed by atoms with E-state index in [0.717, 1.165) is 15.7 Å². The van der Waals surface area contributed by atoms with Crippen molar-refractivity contribution in [1.29, 1.82) is 0 Å². The molecule has 2 amide bonds. The predicted octanol–water partition coefficient (Wildman–Crippen LogP) is 0.790. The number of nitrogens with zero attached hydrogens (tertiary/aromatic N) is 2. The van der Waals surface area contributed by atoms with Crippen LogP contribution in [0.1, 0.15) is 32.5 Å². The molecule has 1 unspecified atom stereocenters. The van der Waals surface area contributed by atoms with Gasteiger partial charge in [-0.1, -0.05) is 12.1 Å². The molecule has 24 heavy (non-hydrogen) atoms. The van der Waals surface area contributed by atoms with Gasteiger partial charge in [-0.15, -0.1) is 0 Å². The van der Waals surface area contributed by atoms with Gasteiger partial charge >= 0.3 is 5.69 Å². The highest BCUT2D eigenvalue weighted by Crippen LogP contribution is 2.24. The van der Waals surface area contributed by atoms with Crippen molar-refractivity contribution in [2.75, 3.05) is 6.54 Å². The Kier molecular flexibility index (Phi) is 4.10. The van der Waals surface area contributed by atoms with Crippen molar-refractivity contribution in [2.45, 2.75) is 11.8 Å². The van der Waals surface area contributed by atoms with Crippen molar-refractivity contribution in [3.05, 3.63) is 68.2 Å². The number of thiol groups is 1. The quantitative estimate of drug-likeness (QED) is 0.631. The topological polar surface area (TPSA) is 92.2 Å².